The Balaban J connectivity index is 2.05. The lowest BCUT2D eigenvalue weighted by Crippen LogP contribution is -2.45. The number of ether oxygens (including phenoxy) is 1. The van der Waals surface area contributed by atoms with Gasteiger partial charge in [0.15, 0.2) is 0 Å². The minimum absolute atomic E-state index is 0.357. The molecule has 0 heterocycles. The van der Waals surface area contributed by atoms with Crippen molar-refractivity contribution in [2.75, 3.05) is 7.05 Å². The Kier molecular flexibility index (Phi) is 3.41. The molecule has 0 aliphatic heterocycles. The normalized spacial score (nSPS) is 24.0. The fourth-order valence-corrected chi connectivity index (χ4v) is 2.47. The molecule has 0 bridgehead atoms. The van der Waals surface area contributed by atoms with E-state index >= 15 is 0 Å². The summed E-state index contributed by atoms with van der Waals surface area (Å²) in [5, 5.41) is 4.04. The summed E-state index contributed by atoms with van der Waals surface area (Å²) in [6.45, 7) is 4.09. The number of benzene rings is 1. The molecule has 0 radical (unpaired) electrons. The smallest absolute Gasteiger partial charge is 0.125 e. The maximum Gasteiger partial charge on any atom is 0.125 e. The minimum atomic E-state index is 0.357. The van der Waals surface area contributed by atoms with Gasteiger partial charge in [-0.1, -0.05) is 11.6 Å². The minimum Gasteiger partial charge on any atom is -0.490 e. The maximum atomic E-state index is 6.00. The third kappa shape index (κ3) is 2.33. The highest BCUT2D eigenvalue weighted by Gasteiger charge is 2.30. The van der Waals surface area contributed by atoms with Crippen LogP contribution >= 0.6 is 11.6 Å². The topological polar surface area (TPSA) is 21.3 Å². The molecule has 0 unspecified atom stereocenters. The molecule has 1 aromatic rings. The van der Waals surface area contributed by atoms with Gasteiger partial charge in [-0.3, -0.25) is 0 Å². The van der Waals surface area contributed by atoms with Crippen molar-refractivity contribution >= 4 is 11.6 Å². The first-order valence-electron chi connectivity index (χ1n) is 5.71. The average Bonchev–Trinajstić information content (AvgIpc) is 2.13. The van der Waals surface area contributed by atoms with Gasteiger partial charge in [-0.2, -0.15) is 0 Å². The summed E-state index contributed by atoms with van der Waals surface area (Å²) in [5.41, 5.74) is 2.25. The molecule has 1 saturated carbocycles. The van der Waals surface area contributed by atoms with Crippen LogP contribution < -0.4 is 10.1 Å². The van der Waals surface area contributed by atoms with Crippen LogP contribution in [0.4, 0.5) is 0 Å². The van der Waals surface area contributed by atoms with Gasteiger partial charge in [0.05, 0.1) is 0 Å². The van der Waals surface area contributed by atoms with E-state index in [0.29, 0.717) is 12.1 Å². The van der Waals surface area contributed by atoms with Gasteiger partial charge in [-0.05, 0) is 57.0 Å². The molecule has 1 aliphatic carbocycles. The Morgan fingerprint density at radius 1 is 1.25 bits per heavy atom. The SMILES string of the molecule is CNC1CC(Oc2c(C)cc(Cl)cc2C)C1. The van der Waals surface area contributed by atoms with Crippen molar-refractivity contribution in [3.63, 3.8) is 0 Å². The van der Waals surface area contributed by atoms with Gasteiger partial charge in [0.1, 0.15) is 11.9 Å². The summed E-state index contributed by atoms with van der Waals surface area (Å²) in [7, 11) is 2.00. The average molecular weight is 240 g/mol. The summed E-state index contributed by atoms with van der Waals surface area (Å²) in [4.78, 5) is 0. The van der Waals surface area contributed by atoms with Crippen LogP contribution in [0.2, 0.25) is 5.02 Å². The van der Waals surface area contributed by atoms with Crippen LogP contribution in [0.5, 0.6) is 5.75 Å². The van der Waals surface area contributed by atoms with Crippen LogP contribution in [0.15, 0.2) is 12.1 Å². The highest BCUT2D eigenvalue weighted by Crippen LogP contribution is 2.32. The molecule has 0 spiro atoms. The summed E-state index contributed by atoms with van der Waals surface area (Å²) in [5.74, 6) is 1.00. The van der Waals surface area contributed by atoms with Crippen molar-refractivity contribution in [1.29, 1.82) is 0 Å². The fraction of sp³-hybridized carbons (Fsp3) is 0.538. The van der Waals surface area contributed by atoms with Gasteiger partial charge in [0.2, 0.25) is 0 Å². The second kappa shape index (κ2) is 4.64. The van der Waals surface area contributed by atoms with Gasteiger partial charge in [0, 0.05) is 11.1 Å². The van der Waals surface area contributed by atoms with Crippen LogP contribution in [-0.4, -0.2) is 19.2 Å². The van der Waals surface area contributed by atoms with Crippen molar-refractivity contribution in [3.05, 3.63) is 28.3 Å². The molecule has 1 N–H and O–H groups in total. The van der Waals surface area contributed by atoms with Crippen molar-refractivity contribution < 1.29 is 4.74 Å². The standard InChI is InChI=1S/C13H18ClNO/c1-8-4-10(14)5-9(2)13(8)16-12-6-11(7-12)15-3/h4-5,11-12,15H,6-7H2,1-3H3. The molecule has 0 saturated heterocycles. The maximum absolute atomic E-state index is 6.00. The molecule has 88 valence electrons. The molecular formula is C13H18ClNO. The predicted molar refractivity (Wildman–Crippen MR) is 67.4 cm³/mol. The van der Waals surface area contributed by atoms with E-state index in [4.69, 9.17) is 16.3 Å². The van der Waals surface area contributed by atoms with E-state index in [1.807, 2.05) is 33.0 Å². The number of hydrogen-bond donors (Lipinski definition) is 1. The second-order valence-corrected chi connectivity index (χ2v) is 5.00. The molecule has 1 fully saturated rings. The molecule has 2 rings (SSSR count). The molecule has 0 aromatic heterocycles. The highest BCUT2D eigenvalue weighted by atomic mass is 35.5. The number of halogens is 1. The first-order chi connectivity index (χ1) is 7.60. The largest absolute Gasteiger partial charge is 0.490 e. The number of rotatable bonds is 3. The first-order valence-corrected chi connectivity index (χ1v) is 6.08. The quantitative estimate of drug-likeness (QED) is 0.875. The molecule has 2 nitrogen and oxygen atoms in total. The van der Waals surface area contributed by atoms with Crippen LogP contribution in [0, 0.1) is 13.8 Å². The van der Waals surface area contributed by atoms with Crippen LogP contribution in [0.25, 0.3) is 0 Å². The third-order valence-electron chi connectivity index (χ3n) is 3.21. The predicted octanol–water partition coefficient (Wildman–Crippen LogP) is 3.09. The van der Waals surface area contributed by atoms with Gasteiger partial charge >= 0.3 is 0 Å². The van der Waals surface area contributed by atoms with Gasteiger partial charge < -0.3 is 10.1 Å². The zero-order valence-corrected chi connectivity index (χ0v) is 10.8. The highest BCUT2D eigenvalue weighted by molar-refractivity contribution is 6.30. The first kappa shape index (κ1) is 11.7. The van der Waals surface area contributed by atoms with E-state index in [0.717, 1.165) is 34.7 Å². The Morgan fingerprint density at radius 3 is 2.31 bits per heavy atom. The van der Waals surface area contributed by atoms with E-state index in [1.165, 1.54) is 0 Å². The number of nitrogens with one attached hydrogen (secondary N) is 1. The van der Waals surface area contributed by atoms with Gasteiger partial charge in [-0.15, -0.1) is 0 Å². The van der Waals surface area contributed by atoms with E-state index in [2.05, 4.69) is 5.32 Å². The molecular weight excluding hydrogens is 222 g/mol. The third-order valence-corrected chi connectivity index (χ3v) is 3.43. The molecule has 0 amide bonds. The second-order valence-electron chi connectivity index (χ2n) is 4.57. The van der Waals surface area contributed by atoms with Crippen molar-refractivity contribution in [2.24, 2.45) is 0 Å². The molecule has 1 aliphatic rings. The van der Waals surface area contributed by atoms with E-state index in [1.54, 1.807) is 0 Å². The zero-order valence-electron chi connectivity index (χ0n) is 10.0. The summed E-state index contributed by atoms with van der Waals surface area (Å²) < 4.78 is 6.00. The van der Waals surface area contributed by atoms with Crippen molar-refractivity contribution in [2.45, 2.75) is 38.8 Å². The lowest BCUT2D eigenvalue weighted by atomic mass is 9.89. The van der Waals surface area contributed by atoms with Crippen LogP contribution in [-0.2, 0) is 0 Å². The molecule has 3 heteroatoms. The summed E-state index contributed by atoms with van der Waals surface area (Å²) in [6, 6.07) is 4.54. The lowest BCUT2D eigenvalue weighted by molar-refractivity contribution is 0.0871. The summed E-state index contributed by atoms with van der Waals surface area (Å²) >= 11 is 5.99. The molecule has 16 heavy (non-hydrogen) atoms. The van der Waals surface area contributed by atoms with Gasteiger partial charge in [-0.25, -0.2) is 0 Å². The fourth-order valence-electron chi connectivity index (χ4n) is 2.15. The zero-order chi connectivity index (χ0) is 11.7. The molecule has 1 aromatic carbocycles. The van der Waals surface area contributed by atoms with E-state index in [-0.39, 0.29) is 0 Å². The van der Waals surface area contributed by atoms with E-state index < -0.39 is 0 Å². The number of hydrogen-bond acceptors (Lipinski definition) is 2. The lowest BCUT2D eigenvalue weighted by Gasteiger charge is -2.35. The van der Waals surface area contributed by atoms with Crippen molar-refractivity contribution in [1.82, 2.24) is 5.32 Å². The van der Waals surface area contributed by atoms with Crippen LogP contribution in [0.3, 0.4) is 0 Å². The van der Waals surface area contributed by atoms with Crippen LogP contribution in [0.1, 0.15) is 24.0 Å². The van der Waals surface area contributed by atoms with E-state index in [9.17, 15) is 0 Å². The van der Waals surface area contributed by atoms with Crippen molar-refractivity contribution in [3.8, 4) is 5.75 Å². The monoisotopic (exact) mass is 239 g/mol. The Morgan fingerprint density at radius 2 is 1.81 bits per heavy atom. The van der Waals surface area contributed by atoms with Gasteiger partial charge in [0.25, 0.3) is 0 Å². The Bertz CT molecular complexity index is 363. The summed E-state index contributed by atoms with van der Waals surface area (Å²) in [6.07, 6.45) is 2.55. The number of aryl methyl sites for hydroxylation is 2. The Hall–Kier alpha value is -0.730. The Labute approximate surface area is 102 Å². The molecule has 0 atom stereocenters.